The Morgan fingerprint density at radius 2 is 1.90 bits per heavy atom. The third-order valence-corrected chi connectivity index (χ3v) is 3.20. The largest absolute Gasteiger partial charge is 0.326 e. The van der Waals surface area contributed by atoms with Gasteiger partial charge in [0.2, 0.25) is 5.91 Å². The predicted octanol–water partition coefficient (Wildman–Crippen LogP) is 3.73. The van der Waals surface area contributed by atoms with Gasteiger partial charge >= 0.3 is 0 Å². The highest BCUT2D eigenvalue weighted by molar-refractivity contribution is 5.91. The lowest BCUT2D eigenvalue weighted by Gasteiger charge is -2.12. The number of carbonyl (C=O) groups excluding carboxylic acids is 1. The Hall–Kier alpha value is -2.69. The maximum atomic E-state index is 12.0. The van der Waals surface area contributed by atoms with E-state index in [0.717, 1.165) is 5.56 Å². The summed E-state index contributed by atoms with van der Waals surface area (Å²) in [4.78, 5) is 22.2. The lowest BCUT2D eigenvalue weighted by Crippen LogP contribution is -2.14. The maximum absolute atomic E-state index is 12.0. The van der Waals surface area contributed by atoms with Gasteiger partial charge in [-0.15, -0.1) is 0 Å². The van der Waals surface area contributed by atoms with Gasteiger partial charge in [-0.25, -0.2) is 0 Å². The van der Waals surface area contributed by atoms with Gasteiger partial charge in [0.15, 0.2) is 0 Å². The SMILES string of the molecule is C[C@H](CC(=O)Nc1cccc([N+](=O)[O-])c1)c1ccccc1. The van der Waals surface area contributed by atoms with Crippen molar-refractivity contribution >= 4 is 17.3 Å². The predicted molar refractivity (Wildman–Crippen MR) is 81.2 cm³/mol. The summed E-state index contributed by atoms with van der Waals surface area (Å²) >= 11 is 0. The molecule has 0 aliphatic carbocycles. The van der Waals surface area contributed by atoms with Crippen molar-refractivity contribution in [2.24, 2.45) is 0 Å². The van der Waals surface area contributed by atoms with Crippen molar-refractivity contribution in [2.45, 2.75) is 19.3 Å². The smallest absolute Gasteiger partial charge is 0.271 e. The number of non-ortho nitro benzene ring substituents is 1. The number of nitro benzene ring substituents is 1. The van der Waals surface area contributed by atoms with Gasteiger partial charge in [0.05, 0.1) is 4.92 Å². The van der Waals surface area contributed by atoms with Gasteiger partial charge in [0.25, 0.3) is 5.69 Å². The molecule has 0 aliphatic rings. The molecule has 0 heterocycles. The zero-order valence-electron chi connectivity index (χ0n) is 11.7. The Morgan fingerprint density at radius 1 is 1.19 bits per heavy atom. The Bertz CT molecular complexity index is 641. The average molecular weight is 284 g/mol. The molecule has 2 rings (SSSR count). The van der Waals surface area contributed by atoms with Crippen LogP contribution in [0.2, 0.25) is 0 Å². The lowest BCUT2D eigenvalue weighted by molar-refractivity contribution is -0.384. The maximum Gasteiger partial charge on any atom is 0.271 e. The van der Waals surface area contributed by atoms with E-state index in [1.165, 1.54) is 12.1 Å². The van der Waals surface area contributed by atoms with Crippen molar-refractivity contribution in [3.05, 3.63) is 70.3 Å². The van der Waals surface area contributed by atoms with Crippen molar-refractivity contribution in [3.63, 3.8) is 0 Å². The first kappa shape index (κ1) is 14.7. The lowest BCUT2D eigenvalue weighted by atomic mass is 9.97. The standard InChI is InChI=1S/C16H16N2O3/c1-12(13-6-3-2-4-7-13)10-16(19)17-14-8-5-9-15(11-14)18(20)21/h2-9,11-12H,10H2,1H3,(H,17,19)/t12-/m1/s1. The van der Waals surface area contributed by atoms with Crippen LogP contribution in [0.1, 0.15) is 24.8 Å². The van der Waals surface area contributed by atoms with E-state index in [2.05, 4.69) is 5.32 Å². The molecule has 5 nitrogen and oxygen atoms in total. The molecular formula is C16H16N2O3. The van der Waals surface area contributed by atoms with Crippen molar-refractivity contribution in [1.82, 2.24) is 0 Å². The molecule has 1 amide bonds. The number of hydrogen-bond donors (Lipinski definition) is 1. The fraction of sp³-hybridized carbons (Fsp3) is 0.188. The molecule has 0 saturated carbocycles. The third kappa shape index (κ3) is 4.14. The van der Waals surface area contributed by atoms with Gasteiger partial charge in [0, 0.05) is 24.2 Å². The van der Waals surface area contributed by atoms with Gasteiger partial charge in [0.1, 0.15) is 0 Å². The molecule has 2 aromatic carbocycles. The molecule has 2 aromatic rings. The van der Waals surface area contributed by atoms with Crippen LogP contribution in [0.4, 0.5) is 11.4 Å². The molecule has 0 spiro atoms. The zero-order valence-corrected chi connectivity index (χ0v) is 11.7. The van der Waals surface area contributed by atoms with Crippen LogP contribution in [0.5, 0.6) is 0 Å². The van der Waals surface area contributed by atoms with Crippen LogP contribution in [0, 0.1) is 10.1 Å². The molecule has 0 saturated heterocycles. The number of nitro groups is 1. The summed E-state index contributed by atoms with van der Waals surface area (Å²) in [6, 6.07) is 15.7. The molecule has 1 N–H and O–H groups in total. The number of amides is 1. The molecule has 1 atom stereocenters. The molecular weight excluding hydrogens is 268 g/mol. The molecule has 0 aliphatic heterocycles. The first-order valence-corrected chi connectivity index (χ1v) is 6.65. The van der Waals surface area contributed by atoms with Gasteiger partial charge < -0.3 is 5.32 Å². The second kappa shape index (κ2) is 6.65. The van der Waals surface area contributed by atoms with E-state index >= 15 is 0 Å². The molecule has 0 bridgehead atoms. The van der Waals surface area contributed by atoms with Crippen molar-refractivity contribution in [3.8, 4) is 0 Å². The summed E-state index contributed by atoms with van der Waals surface area (Å²) < 4.78 is 0. The highest BCUT2D eigenvalue weighted by Crippen LogP contribution is 2.21. The van der Waals surface area contributed by atoms with E-state index in [0.29, 0.717) is 12.1 Å². The topological polar surface area (TPSA) is 72.2 Å². The summed E-state index contributed by atoms with van der Waals surface area (Å²) in [6.07, 6.45) is 0.326. The first-order chi connectivity index (χ1) is 10.1. The van der Waals surface area contributed by atoms with Crippen molar-refractivity contribution in [2.75, 3.05) is 5.32 Å². The second-order valence-electron chi connectivity index (χ2n) is 4.87. The molecule has 21 heavy (non-hydrogen) atoms. The van der Waals surface area contributed by atoms with Crippen molar-refractivity contribution < 1.29 is 9.72 Å². The van der Waals surface area contributed by atoms with Crippen LogP contribution in [-0.2, 0) is 4.79 Å². The normalized spacial score (nSPS) is 11.7. The molecule has 0 unspecified atom stereocenters. The van der Waals surface area contributed by atoms with E-state index in [4.69, 9.17) is 0 Å². The zero-order chi connectivity index (χ0) is 15.2. The number of nitrogens with zero attached hydrogens (tertiary/aromatic N) is 1. The van der Waals surface area contributed by atoms with Crippen LogP contribution in [0.3, 0.4) is 0 Å². The van der Waals surface area contributed by atoms with E-state index < -0.39 is 4.92 Å². The van der Waals surface area contributed by atoms with Gasteiger partial charge in [-0.05, 0) is 17.5 Å². The summed E-state index contributed by atoms with van der Waals surface area (Å²) in [5.41, 5.74) is 1.49. The highest BCUT2D eigenvalue weighted by Gasteiger charge is 2.12. The van der Waals surface area contributed by atoms with Crippen LogP contribution in [0.15, 0.2) is 54.6 Å². The minimum Gasteiger partial charge on any atom is -0.326 e. The quantitative estimate of drug-likeness (QED) is 0.671. The Balaban J connectivity index is 1.99. The summed E-state index contributed by atoms with van der Waals surface area (Å²) in [7, 11) is 0. The number of anilines is 1. The van der Waals surface area contributed by atoms with E-state index in [1.807, 2.05) is 37.3 Å². The summed E-state index contributed by atoms with van der Waals surface area (Å²) in [6.45, 7) is 1.97. The number of rotatable bonds is 5. The van der Waals surface area contributed by atoms with Crippen LogP contribution in [0.25, 0.3) is 0 Å². The number of nitrogens with one attached hydrogen (secondary N) is 1. The Morgan fingerprint density at radius 3 is 2.57 bits per heavy atom. The average Bonchev–Trinajstić information content (AvgIpc) is 2.48. The molecule has 0 fully saturated rings. The van der Waals surface area contributed by atoms with E-state index in [-0.39, 0.29) is 17.5 Å². The third-order valence-electron chi connectivity index (χ3n) is 3.20. The number of hydrogen-bond acceptors (Lipinski definition) is 3. The number of benzene rings is 2. The monoisotopic (exact) mass is 284 g/mol. The Labute approximate surface area is 122 Å². The minimum absolute atomic E-state index is 0.0380. The first-order valence-electron chi connectivity index (χ1n) is 6.65. The van der Waals surface area contributed by atoms with Crippen LogP contribution >= 0.6 is 0 Å². The van der Waals surface area contributed by atoms with Gasteiger partial charge in [-0.1, -0.05) is 43.3 Å². The highest BCUT2D eigenvalue weighted by atomic mass is 16.6. The summed E-state index contributed by atoms with van der Waals surface area (Å²) in [5, 5.41) is 13.4. The number of carbonyl (C=O) groups is 1. The van der Waals surface area contributed by atoms with Crippen LogP contribution in [-0.4, -0.2) is 10.8 Å². The molecule has 0 radical (unpaired) electrons. The fourth-order valence-corrected chi connectivity index (χ4v) is 2.09. The van der Waals surface area contributed by atoms with Crippen molar-refractivity contribution in [1.29, 1.82) is 0 Å². The van der Waals surface area contributed by atoms with Gasteiger partial charge in [-0.2, -0.15) is 0 Å². The van der Waals surface area contributed by atoms with E-state index in [9.17, 15) is 14.9 Å². The summed E-state index contributed by atoms with van der Waals surface area (Å²) in [5.74, 6) is -0.0725. The molecule has 0 aromatic heterocycles. The fourth-order valence-electron chi connectivity index (χ4n) is 2.09. The van der Waals surface area contributed by atoms with E-state index in [1.54, 1.807) is 12.1 Å². The minimum atomic E-state index is -0.484. The second-order valence-corrected chi connectivity index (χ2v) is 4.87. The Kier molecular flexibility index (Phi) is 4.66. The van der Waals surface area contributed by atoms with Gasteiger partial charge in [-0.3, -0.25) is 14.9 Å². The van der Waals surface area contributed by atoms with Crippen LogP contribution < -0.4 is 5.32 Å². The molecule has 5 heteroatoms. The molecule has 108 valence electrons.